The Balaban J connectivity index is 2.99. The molecule has 0 unspecified atom stereocenters. The number of amides is 2. The maximum absolute atomic E-state index is 12.1. The maximum Gasteiger partial charge on any atom is 0.252 e. The van der Waals surface area contributed by atoms with Crippen molar-refractivity contribution in [3.63, 3.8) is 0 Å². The van der Waals surface area contributed by atoms with Crippen LogP contribution in [0.4, 0.5) is 0 Å². The normalized spacial score (nSPS) is 14.0. The minimum atomic E-state index is -1.01. The van der Waals surface area contributed by atoms with Gasteiger partial charge < -0.3 is 11.1 Å². The van der Waals surface area contributed by atoms with Crippen LogP contribution in [0.1, 0.15) is 37.6 Å². The Morgan fingerprint density at radius 1 is 1.39 bits per heavy atom. The van der Waals surface area contributed by atoms with Crippen LogP contribution in [0.2, 0.25) is 0 Å². The number of rotatable bonds is 5. The molecule has 5 nitrogen and oxygen atoms in total. The first-order valence-electron chi connectivity index (χ1n) is 5.96. The molecule has 0 aromatic carbocycles. The molecule has 3 N–H and O–H groups in total. The Labute approximate surface area is 107 Å². The molecule has 2 amide bonds. The van der Waals surface area contributed by atoms with Crippen molar-refractivity contribution in [3.05, 3.63) is 30.1 Å². The average molecular weight is 249 g/mol. The van der Waals surface area contributed by atoms with Gasteiger partial charge in [-0.15, -0.1) is 0 Å². The zero-order valence-electron chi connectivity index (χ0n) is 10.9. The number of hydrogen-bond acceptors (Lipinski definition) is 3. The van der Waals surface area contributed by atoms with E-state index in [0.29, 0.717) is 12.0 Å². The molecule has 0 aliphatic rings. The van der Waals surface area contributed by atoms with Crippen LogP contribution in [0.15, 0.2) is 24.5 Å². The van der Waals surface area contributed by atoms with Gasteiger partial charge in [0.1, 0.15) is 5.54 Å². The summed E-state index contributed by atoms with van der Waals surface area (Å²) in [6.45, 7) is 5.56. The second-order valence-electron chi connectivity index (χ2n) is 4.53. The standard InChI is InChI=1S/C13H19N3O2/c1-4-13(9(2)3,12(14)18)16-11(17)10-5-7-15-8-6-10/h5-9H,4H2,1-3H3,(H2,14,18)(H,16,17)/t13-/m1/s1. The Kier molecular flexibility index (Phi) is 4.42. The molecule has 0 saturated heterocycles. The molecule has 0 bridgehead atoms. The predicted molar refractivity (Wildman–Crippen MR) is 68.8 cm³/mol. The van der Waals surface area contributed by atoms with Gasteiger partial charge in [0.25, 0.3) is 5.91 Å². The van der Waals surface area contributed by atoms with Gasteiger partial charge in [0.15, 0.2) is 0 Å². The molecule has 0 saturated carbocycles. The molecule has 1 aromatic heterocycles. The molecule has 0 aliphatic carbocycles. The number of carbonyl (C=O) groups excluding carboxylic acids is 2. The summed E-state index contributed by atoms with van der Waals surface area (Å²) in [5.41, 5.74) is 4.89. The summed E-state index contributed by atoms with van der Waals surface area (Å²) in [4.78, 5) is 27.6. The van der Waals surface area contributed by atoms with Crippen LogP contribution in [-0.4, -0.2) is 22.3 Å². The van der Waals surface area contributed by atoms with Crippen molar-refractivity contribution in [2.45, 2.75) is 32.7 Å². The lowest BCUT2D eigenvalue weighted by Gasteiger charge is -2.34. The summed E-state index contributed by atoms with van der Waals surface area (Å²) in [5, 5.41) is 2.75. The van der Waals surface area contributed by atoms with Crippen LogP contribution >= 0.6 is 0 Å². The highest BCUT2D eigenvalue weighted by Crippen LogP contribution is 2.21. The summed E-state index contributed by atoms with van der Waals surface area (Å²) in [6.07, 6.45) is 3.52. The van der Waals surface area contributed by atoms with E-state index in [1.807, 2.05) is 20.8 Å². The molecular formula is C13H19N3O2. The van der Waals surface area contributed by atoms with Crippen molar-refractivity contribution >= 4 is 11.8 Å². The molecular weight excluding hydrogens is 230 g/mol. The Hall–Kier alpha value is -1.91. The summed E-state index contributed by atoms with van der Waals surface area (Å²) < 4.78 is 0. The third kappa shape index (κ3) is 2.67. The highest BCUT2D eigenvalue weighted by molar-refractivity contribution is 5.98. The minimum absolute atomic E-state index is 0.0780. The van der Waals surface area contributed by atoms with Crippen molar-refractivity contribution in [2.75, 3.05) is 0 Å². The first-order valence-corrected chi connectivity index (χ1v) is 5.96. The summed E-state index contributed by atoms with van der Waals surface area (Å²) in [7, 11) is 0. The van der Waals surface area contributed by atoms with Crippen molar-refractivity contribution in [2.24, 2.45) is 11.7 Å². The topological polar surface area (TPSA) is 85.1 Å². The molecule has 1 atom stereocenters. The second-order valence-corrected chi connectivity index (χ2v) is 4.53. The van der Waals surface area contributed by atoms with Crippen molar-refractivity contribution in [1.82, 2.24) is 10.3 Å². The fourth-order valence-electron chi connectivity index (χ4n) is 1.94. The van der Waals surface area contributed by atoms with Gasteiger partial charge >= 0.3 is 0 Å². The predicted octanol–water partition coefficient (Wildman–Crippen LogP) is 1.10. The lowest BCUT2D eigenvalue weighted by molar-refractivity contribution is -0.126. The highest BCUT2D eigenvalue weighted by atomic mass is 16.2. The summed E-state index contributed by atoms with van der Waals surface area (Å²) >= 11 is 0. The fourth-order valence-corrected chi connectivity index (χ4v) is 1.94. The molecule has 98 valence electrons. The van der Waals surface area contributed by atoms with Gasteiger partial charge in [-0.3, -0.25) is 14.6 Å². The number of nitrogens with one attached hydrogen (secondary N) is 1. The smallest absolute Gasteiger partial charge is 0.252 e. The number of carbonyl (C=O) groups is 2. The number of aromatic nitrogens is 1. The van der Waals surface area contributed by atoms with Crippen LogP contribution < -0.4 is 11.1 Å². The molecule has 1 heterocycles. The molecule has 18 heavy (non-hydrogen) atoms. The van der Waals surface area contributed by atoms with Crippen molar-refractivity contribution in [3.8, 4) is 0 Å². The first-order chi connectivity index (χ1) is 8.44. The molecule has 0 fully saturated rings. The minimum Gasteiger partial charge on any atom is -0.368 e. The summed E-state index contributed by atoms with van der Waals surface area (Å²) in [5.74, 6) is -0.903. The van der Waals surface area contributed by atoms with Gasteiger partial charge in [-0.05, 0) is 24.5 Å². The SMILES string of the molecule is CC[C@](NC(=O)c1ccncc1)(C(N)=O)C(C)C. The molecule has 0 radical (unpaired) electrons. The number of hydrogen-bond donors (Lipinski definition) is 2. The van der Waals surface area contributed by atoms with Crippen LogP contribution in [0.25, 0.3) is 0 Å². The molecule has 0 aliphatic heterocycles. The quantitative estimate of drug-likeness (QED) is 0.819. The van der Waals surface area contributed by atoms with Crippen molar-refractivity contribution < 1.29 is 9.59 Å². The second kappa shape index (κ2) is 5.62. The van der Waals surface area contributed by atoms with E-state index in [-0.39, 0.29) is 11.8 Å². The average Bonchev–Trinajstić information content (AvgIpc) is 2.36. The van der Waals surface area contributed by atoms with E-state index in [1.54, 1.807) is 12.1 Å². The molecule has 0 spiro atoms. The fraction of sp³-hybridized carbons (Fsp3) is 0.462. The Morgan fingerprint density at radius 2 is 1.94 bits per heavy atom. The van der Waals surface area contributed by atoms with E-state index in [0.717, 1.165) is 0 Å². The highest BCUT2D eigenvalue weighted by Gasteiger charge is 2.39. The first kappa shape index (κ1) is 14.2. The monoisotopic (exact) mass is 249 g/mol. The maximum atomic E-state index is 12.1. The molecule has 5 heteroatoms. The molecule has 1 rings (SSSR count). The van der Waals surface area contributed by atoms with Gasteiger partial charge in [0, 0.05) is 18.0 Å². The number of primary amides is 1. The number of pyridine rings is 1. The van der Waals surface area contributed by atoms with Crippen LogP contribution in [0.5, 0.6) is 0 Å². The Morgan fingerprint density at radius 3 is 2.33 bits per heavy atom. The van der Waals surface area contributed by atoms with Gasteiger partial charge in [-0.25, -0.2) is 0 Å². The zero-order valence-corrected chi connectivity index (χ0v) is 10.9. The zero-order chi connectivity index (χ0) is 13.8. The van der Waals surface area contributed by atoms with Crippen LogP contribution in [0, 0.1) is 5.92 Å². The van der Waals surface area contributed by atoms with E-state index in [1.165, 1.54) is 12.4 Å². The van der Waals surface area contributed by atoms with E-state index in [2.05, 4.69) is 10.3 Å². The van der Waals surface area contributed by atoms with E-state index in [9.17, 15) is 9.59 Å². The van der Waals surface area contributed by atoms with Gasteiger partial charge in [0.05, 0.1) is 0 Å². The van der Waals surface area contributed by atoms with E-state index < -0.39 is 11.4 Å². The van der Waals surface area contributed by atoms with Crippen LogP contribution in [0.3, 0.4) is 0 Å². The Bertz CT molecular complexity index is 431. The largest absolute Gasteiger partial charge is 0.368 e. The van der Waals surface area contributed by atoms with Crippen molar-refractivity contribution in [1.29, 1.82) is 0 Å². The van der Waals surface area contributed by atoms with Crippen LogP contribution in [-0.2, 0) is 4.79 Å². The molecule has 1 aromatic rings. The third-order valence-electron chi connectivity index (χ3n) is 3.26. The third-order valence-corrected chi connectivity index (χ3v) is 3.26. The number of nitrogens with zero attached hydrogens (tertiary/aromatic N) is 1. The van der Waals surface area contributed by atoms with E-state index in [4.69, 9.17) is 5.73 Å². The van der Waals surface area contributed by atoms with Gasteiger partial charge in [-0.1, -0.05) is 20.8 Å². The van der Waals surface area contributed by atoms with E-state index >= 15 is 0 Å². The number of nitrogens with two attached hydrogens (primary N) is 1. The van der Waals surface area contributed by atoms with Gasteiger partial charge in [0.2, 0.25) is 5.91 Å². The summed E-state index contributed by atoms with van der Waals surface area (Å²) in [6, 6.07) is 3.19. The van der Waals surface area contributed by atoms with Gasteiger partial charge in [-0.2, -0.15) is 0 Å². The lowest BCUT2D eigenvalue weighted by Crippen LogP contribution is -2.60. The lowest BCUT2D eigenvalue weighted by atomic mass is 9.83.